The van der Waals surface area contributed by atoms with Crippen LogP contribution < -0.4 is 4.74 Å². The Kier molecular flexibility index (Phi) is 6.78. The van der Waals surface area contributed by atoms with E-state index in [1.54, 1.807) is 6.92 Å². The molecule has 1 rings (SSSR count). The molecule has 20 heavy (non-hydrogen) atoms. The minimum absolute atomic E-state index is 0.0283. The minimum Gasteiger partial charge on any atom is -0.486 e. The van der Waals surface area contributed by atoms with Gasteiger partial charge in [-0.25, -0.2) is 0 Å². The predicted molar refractivity (Wildman–Crippen MR) is 84.1 cm³/mol. The summed E-state index contributed by atoms with van der Waals surface area (Å²) in [6, 6.07) is 7.96. The Bertz CT molecular complexity index is 465. The first-order valence-electron chi connectivity index (χ1n) is 7.02. The predicted octanol–water partition coefficient (Wildman–Crippen LogP) is 4.50. The summed E-state index contributed by atoms with van der Waals surface area (Å²) in [5.41, 5.74) is 2.39. The summed E-state index contributed by atoms with van der Waals surface area (Å²) in [6.45, 7) is 9.50. The van der Waals surface area contributed by atoms with Crippen molar-refractivity contribution < 1.29 is 9.53 Å². The third-order valence-corrected chi connectivity index (χ3v) is 2.89. The number of aryl methyl sites for hydroxylation is 1. The number of carbonyl (C=O) groups excluding carboxylic acids is 1. The number of benzene rings is 1. The summed E-state index contributed by atoms with van der Waals surface area (Å²) in [7, 11) is 0. The normalized spacial score (nSPS) is 11.6. The van der Waals surface area contributed by atoms with E-state index in [1.165, 1.54) is 5.57 Å². The topological polar surface area (TPSA) is 26.3 Å². The van der Waals surface area contributed by atoms with Gasteiger partial charge >= 0.3 is 0 Å². The summed E-state index contributed by atoms with van der Waals surface area (Å²) in [5.74, 6) is 1.07. The van der Waals surface area contributed by atoms with Crippen molar-refractivity contribution in [1.29, 1.82) is 0 Å². The van der Waals surface area contributed by atoms with Crippen LogP contribution >= 0.6 is 0 Å². The van der Waals surface area contributed by atoms with E-state index in [2.05, 4.69) is 26.5 Å². The largest absolute Gasteiger partial charge is 0.486 e. The molecule has 0 aromatic heterocycles. The van der Waals surface area contributed by atoms with Crippen molar-refractivity contribution in [3.63, 3.8) is 0 Å². The number of Topliss-reactive ketones (excluding diaryl/α,β-unsaturated/α-hetero) is 1. The molecular weight excluding hydrogens is 248 g/mol. The van der Waals surface area contributed by atoms with Gasteiger partial charge in [0.15, 0.2) is 0 Å². The maximum Gasteiger partial charge on any atom is 0.130 e. The van der Waals surface area contributed by atoms with Crippen molar-refractivity contribution in [3.05, 3.63) is 54.1 Å². The van der Waals surface area contributed by atoms with Crippen LogP contribution in [0.2, 0.25) is 0 Å². The van der Waals surface area contributed by atoms with E-state index in [9.17, 15) is 4.79 Å². The second-order valence-electron chi connectivity index (χ2n) is 5.27. The molecule has 1 unspecified atom stereocenters. The Balaban J connectivity index is 2.65. The van der Waals surface area contributed by atoms with E-state index in [4.69, 9.17) is 4.74 Å². The smallest absolute Gasteiger partial charge is 0.130 e. The van der Waals surface area contributed by atoms with Gasteiger partial charge in [0, 0.05) is 12.8 Å². The molecule has 1 aromatic carbocycles. The standard InChI is InChI=1S/C18H24O2/c1-5-6-18(13-14(2)3)20-17-11-9-16(10-12-17)8-7-15(4)19/h5,9-13,18H,1,6-8H2,2-4H3. The molecule has 0 spiro atoms. The first-order chi connectivity index (χ1) is 9.51. The first kappa shape index (κ1) is 16.2. The van der Waals surface area contributed by atoms with Crippen molar-refractivity contribution in [2.75, 3.05) is 0 Å². The van der Waals surface area contributed by atoms with Crippen LogP contribution in [0.5, 0.6) is 5.75 Å². The van der Waals surface area contributed by atoms with Crippen molar-refractivity contribution in [2.24, 2.45) is 0 Å². The third-order valence-electron chi connectivity index (χ3n) is 2.89. The van der Waals surface area contributed by atoms with E-state index < -0.39 is 0 Å². The zero-order valence-corrected chi connectivity index (χ0v) is 12.7. The number of allylic oxidation sites excluding steroid dienone is 1. The highest BCUT2D eigenvalue weighted by atomic mass is 16.5. The molecule has 1 aromatic rings. The Hall–Kier alpha value is -1.83. The number of hydrogen-bond acceptors (Lipinski definition) is 2. The molecule has 0 saturated heterocycles. The summed E-state index contributed by atoms with van der Waals surface area (Å²) in [5, 5.41) is 0. The lowest BCUT2D eigenvalue weighted by molar-refractivity contribution is -0.116. The second-order valence-corrected chi connectivity index (χ2v) is 5.27. The van der Waals surface area contributed by atoms with Gasteiger partial charge in [-0.1, -0.05) is 23.8 Å². The van der Waals surface area contributed by atoms with E-state index in [0.29, 0.717) is 6.42 Å². The average Bonchev–Trinajstić information content (AvgIpc) is 2.37. The van der Waals surface area contributed by atoms with Crippen molar-refractivity contribution >= 4 is 5.78 Å². The first-order valence-corrected chi connectivity index (χ1v) is 7.02. The van der Waals surface area contributed by atoms with Crippen LogP contribution in [-0.2, 0) is 11.2 Å². The molecule has 0 aliphatic carbocycles. The fraction of sp³-hybridized carbons (Fsp3) is 0.389. The molecule has 2 heteroatoms. The van der Waals surface area contributed by atoms with Crippen LogP contribution in [0.1, 0.15) is 39.2 Å². The summed E-state index contributed by atoms with van der Waals surface area (Å²) < 4.78 is 5.93. The quantitative estimate of drug-likeness (QED) is 0.651. The number of rotatable bonds is 8. The summed E-state index contributed by atoms with van der Waals surface area (Å²) in [4.78, 5) is 11.0. The zero-order valence-electron chi connectivity index (χ0n) is 12.7. The Labute approximate surface area is 122 Å². The highest BCUT2D eigenvalue weighted by Gasteiger charge is 2.05. The van der Waals surface area contributed by atoms with Crippen molar-refractivity contribution in [2.45, 2.75) is 46.1 Å². The Morgan fingerprint density at radius 3 is 2.40 bits per heavy atom. The second kappa shape index (κ2) is 8.36. The SMILES string of the molecule is C=CCC(C=C(C)C)Oc1ccc(CCC(C)=O)cc1. The van der Waals surface area contributed by atoms with Crippen LogP contribution in [0.15, 0.2) is 48.6 Å². The fourth-order valence-electron chi connectivity index (χ4n) is 1.92. The summed E-state index contributed by atoms with van der Waals surface area (Å²) >= 11 is 0. The molecule has 0 saturated carbocycles. The van der Waals surface area contributed by atoms with E-state index in [1.807, 2.05) is 30.3 Å². The molecule has 0 aliphatic heterocycles. The molecule has 0 amide bonds. The van der Waals surface area contributed by atoms with Crippen molar-refractivity contribution in [3.8, 4) is 5.75 Å². The Morgan fingerprint density at radius 2 is 1.90 bits per heavy atom. The van der Waals surface area contributed by atoms with Crippen LogP contribution in [0, 0.1) is 0 Å². The van der Waals surface area contributed by atoms with Gasteiger partial charge in [-0.05, 0) is 51.0 Å². The van der Waals surface area contributed by atoms with Gasteiger partial charge < -0.3 is 9.53 Å². The molecule has 0 bridgehead atoms. The summed E-state index contributed by atoms with van der Waals surface area (Å²) in [6.07, 6.45) is 6.17. The van der Waals surface area contributed by atoms with E-state index in [-0.39, 0.29) is 11.9 Å². The molecule has 0 N–H and O–H groups in total. The third kappa shape index (κ3) is 6.37. The molecule has 0 heterocycles. The molecule has 0 radical (unpaired) electrons. The van der Waals surface area contributed by atoms with E-state index in [0.717, 1.165) is 24.2 Å². The lowest BCUT2D eigenvalue weighted by Gasteiger charge is -2.15. The number of ketones is 1. The lowest BCUT2D eigenvalue weighted by Crippen LogP contribution is -2.12. The van der Waals surface area contributed by atoms with Crippen LogP contribution in [-0.4, -0.2) is 11.9 Å². The van der Waals surface area contributed by atoms with Gasteiger partial charge in [0.05, 0.1) is 0 Å². The maximum atomic E-state index is 11.0. The number of ether oxygens (including phenoxy) is 1. The number of carbonyl (C=O) groups is 1. The van der Waals surface area contributed by atoms with Gasteiger partial charge in [-0.3, -0.25) is 0 Å². The van der Waals surface area contributed by atoms with Crippen LogP contribution in [0.4, 0.5) is 0 Å². The highest BCUT2D eigenvalue weighted by molar-refractivity contribution is 5.75. The monoisotopic (exact) mass is 272 g/mol. The van der Waals surface area contributed by atoms with E-state index >= 15 is 0 Å². The Morgan fingerprint density at radius 1 is 1.25 bits per heavy atom. The van der Waals surface area contributed by atoms with Crippen molar-refractivity contribution in [1.82, 2.24) is 0 Å². The zero-order chi connectivity index (χ0) is 15.0. The fourth-order valence-corrected chi connectivity index (χ4v) is 1.92. The molecular formula is C18H24O2. The van der Waals surface area contributed by atoms with Crippen LogP contribution in [0.25, 0.3) is 0 Å². The maximum absolute atomic E-state index is 11.0. The lowest BCUT2D eigenvalue weighted by atomic mass is 10.1. The molecule has 108 valence electrons. The average molecular weight is 272 g/mol. The van der Waals surface area contributed by atoms with Gasteiger partial charge in [0.1, 0.15) is 17.6 Å². The minimum atomic E-state index is 0.0283. The molecule has 0 aliphatic rings. The molecule has 0 fully saturated rings. The van der Waals surface area contributed by atoms with Crippen LogP contribution in [0.3, 0.4) is 0 Å². The van der Waals surface area contributed by atoms with Gasteiger partial charge in [-0.2, -0.15) is 0 Å². The van der Waals surface area contributed by atoms with Gasteiger partial charge in [0.2, 0.25) is 0 Å². The number of hydrogen-bond donors (Lipinski definition) is 0. The van der Waals surface area contributed by atoms with Gasteiger partial charge in [0.25, 0.3) is 0 Å². The highest BCUT2D eigenvalue weighted by Crippen LogP contribution is 2.17. The molecule has 2 nitrogen and oxygen atoms in total. The molecule has 1 atom stereocenters. The van der Waals surface area contributed by atoms with Gasteiger partial charge in [-0.15, -0.1) is 6.58 Å².